The van der Waals surface area contributed by atoms with Crippen molar-refractivity contribution in [3.8, 4) is 0 Å². The highest BCUT2D eigenvalue weighted by Crippen LogP contribution is 2.09. The predicted molar refractivity (Wildman–Crippen MR) is 66.3 cm³/mol. The number of sulfonamides is 1. The summed E-state index contributed by atoms with van der Waals surface area (Å²) in [7, 11) is -1.72. The summed E-state index contributed by atoms with van der Waals surface area (Å²) in [6, 6.07) is 0.277. The van der Waals surface area contributed by atoms with Crippen molar-refractivity contribution in [2.75, 3.05) is 13.6 Å². The molecule has 0 aliphatic rings. The van der Waals surface area contributed by atoms with E-state index in [0.717, 1.165) is 0 Å². The van der Waals surface area contributed by atoms with E-state index in [1.165, 1.54) is 12.5 Å². The molecule has 1 aromatic heterocycles. The number of aromatic nitrogens is 2. The van der Waals surface area contributed by atoms with Crippen molar-refractivity contribution >= 4 is 10.0 Å². The van der Waals surface area contributed by atoms with Crippen molar-refractivity contribution in [3.63, 3.8) is 0 Å². The van der Waals surface area contributed by atoms with Crippen LogP contribution in [0.2, 0.25) is 0 Å². The molecular formula is C10H20N4O2S. The van der Waals surface area contributed by atoms with Gasteiger partial charge in [-0.3, -0.25) is 0 Å². The van der Waals surface area contributed by atoms with Gasteiger partial charge in [-0.2, -0.15) is 0 Å². The van der Waals surface area contributed by atoms with Crippen LogP contribution < -0.4 is 10.0 Å². The summed E-state index contributed by atoms with van der Waals surface area (Å²) in [6.45, 7) is 6.17. The van der Waals surface area contributed by atoms with Crippen LogP contribution in [0.5, 0.6) is 0 Å². The molecule has 7 heteroatoms. The van der Waals surface area contributed by atoms with Crippen LogP contribution >= 0.6 is 0 Å². The van der Waals surface area contributed by atoms with Gasteiger partial charge < -0.3 is 9.88 Å². The number of nitrogens with zero attached hydrogens (tertiary/aromatic N) is 2. The third-order valence-electron chi connectivity index (χ3n) is 2.52. The highest BCUT2D eigenvalue weighted by atomic mass is 32.2. The zero-order chi connectivity index (χ0) is 13.1. The second kappa shape index (κ2) is 5.61. The molecule has 0 amide bonds. The molecule has 2 N–H and O–H groups in total. The van der Waals surface area contributed by atoms with Gasteiger partial charge in [0, 0.05) is 24.8 Å². The number of hydrogen-bond donors (Lipinski definition) is 2. The number of hydrogen-bond acceptors (Lipinski definition) is 4. The maximum atomic E-state index is 11.9. The smallest absolute Gasteiger partial charge is 0.259 e. The van der Waals surface area contributed by atoms with Crippen LogP contribution in [0.1, 0.15) is 26.8 Å². The van der Waals surface area contributed by atoms with Crippen LogP contribution in [-0.2, 0) is 10.0 Å². The van der Waals surface area contributed by atoms with Gasteiger partial charge in [0.2, 0.25) is 0 Å². The van der Waals surface area contributed by atoms with Crippen molar-refractivity contribution in [1.29, 1.82) is 0 Å². The van der Waals surface area contributed by atoms with E-state index < -0.39 is 10.0 Å². The van der Waals surface area contributed by atoms with Gasteiger partial charge in [-0.05, 0) is 27.8 Å². The van der Waals surface area contributed by atoms with E-state index >= 15 is 0 Å². The fourth-order valence-corrected chi connectivity index (χ4v) is 2.21. The first kappa shape index (κ1) is 14.1. The summed E-state index contributed by atoms with van der Waals surface area (Å²) < 4.78 is 28.0. The molecule has 0 saturated heterocycles. The van der Waals surface area contributed by atoms with Gasteiger partial charge >= 0.3 is 0 Å². The highest BCUT2D eigenvalue weighted by Gasteiger charge is 2.18. The Kier molecular flexibility index (Phi) is 4.67. The van der Waals surface area contributed by atoms with Crippen LogP contribution in [0, 0.1) is 0 Å². The van der Waals surface area contributed by atoms with E-state index in [4.69, 9.17) is 0 Å². The minimum atomic E-state index is -3.50. The lowest BCUT2D eigenvalue weighted by molar-refractivity contribution is 0.551. The van der Waals surface area contributed by atoms with Gasteiger partial charge in [0.15, 0.2) is 5.03 Å². The first-order chi connectivity index (χ1) is 7.86. The average molecular weight is 260 g/mol. The Balaban J connectivity index is 2.75. The van der Waals surface area contributed by atoms with Gasteiger partial charge in [0.1, 0.15) is 0 Å². The molecule has 0 saturated carbocycles. The van der Waals surface area contributed by atoms with Crippen molar-refractivity contribution in [1.82, 2.24) is 19.6 Å². The van der Waals surface area contributed by atoms with Crippen LogP contribution in [0.3, 0.4) is 0 Å². The van der Waals surface area contributed by atoms with Crippen molar-refractivity contribution in [2.24, 2.45) is 0 Å². The normalized spacial score (nSPS) is 14.2. The molecule has 1 rings (SSSR count). The van der Waals surface area contributed by atoms with E-state index in [1.54, 1.807) is 11.6 Å². The summed E-state index contributed by atoms with van der Waals surface area (Å²) >= 11 is 0. The van der Waals surface area contributed by atoms with E-state index in [1.807, 2.05) is 20.8 Å². The number of likely N-dealkylation sites (N-methyl/N-ethyl adjacent to an activating group) is 1. The molecule has 1 atom stereocenters. The molecule has 1 unspecified atom stereocenters. The second-order valence-electron chi connectivity index (χ2n) is 4.29. The quantitative estimate of drug-likeness (QED) is 0.774. The van der Waals surface area contributed by atoms with E-state index in [-0.39, 0.29) is 17.1 Å². The van der Waals surface area contributed by atoms with Crippen LogP contribution in [0.25, 0.3) is 0 Å². The lowest BCUT2D eigenvalue weighted by Gasteiger charge is -2.10. The van der Waals surface area contributed by atoms with E-state index in [2.05, 4.69) is 15.0 Å². The summed E-state index contributed by atoms with van der Waals surface area (Å²) in [4.78, 5) is 3.90. The lowest BCUT2D eigenvalue weighted by atomic mass is 10.4. The maximum absolute atomic E-state index is 11.9. The predicted octanol–water partition coefficient (Wildman–Crippen LogP) is 0.350. The molecular weight excluding hydrogens is 240 g/mol. The Hall–Kier alpha value is -0.920. The van der Waals surface area contributed by atoms with Crippen molar-refractivity contribution < 1.29 is 8.42 Å². The Morgan fingerprint density at radius 1 is 1.41 bits per heavy atom. The van der Waals surface area contributed by atoms with Crippen LogP contribution in [0.15, 0.2) is 17.6 Å². The van der Waals surface area contributed by atoms with Crippen molar-refractivity contribution in [3.05, 3.63) is 12.5 Å². The molecule has 0 aliphatic heterocycles. The molecule has 0 aromatic carbocycles. The van der Waals surface area contributed by atoms with Crippen LogP contribution in [0.4, 0.5) is 0 Å². The fraction of sp³-hybridized carbons (Fsp3) is 0.700. The summed E-state index contributed by atoms with van der Waals surface area (Å²) in [5, 5.41) is 3.02. The molecule has 0 fully saturated rings. The lowest BCUT2D eigenvalue weighted by Crippen LogP contribution is -2.37. The molecule has 98 valence electrons. The topological polar surface area (TPSA) is 76.0 Å². The van der Waals surface area contributed by atoms with Gasteiger partial charge in [-0.15, -0.1) is 0 Å². The largest absolute Gasteiger partial charge is 0.334 e. The van der Waals surface area contributed by atoms with Gasteiger partial charge in [-0.1, -0.05) is 0 Å². The molecule has 0 spiro atoms. The Morgan fingerprint density at radius 3 is 2.53 bits per heavy atom. The standard InChI is InChI=1S/C10H20N4O2S/c1-8(2)14-6-10(12-7-14)17(15,16)13-5-9(3)11-4/h6-9,11,13H,5H2,1-4H3. The molecule has 0 bridgehead atoms. The zero-order valence-corrected chi connectivity index (χ0v) is 11.5. The maximum Gasteiger partial charge on any atom is 0.259 e. The molecule has 0 radical (unpaired) electrons. The van der Waals surface area contributed by atoms with Gasteiger partial charge in [0.25, 0.3) is 10.0 Å². The van der Waals surface area contributed by atoms with E-state index in [0.29, 0.717) is 6.54 Å². The summed E-state index contributed by atoms with van der Waals surface area (Å²) in [6.07, 6.45) is 3.07. The van der Waals surface area contributed by atoms with Crippen molar-refractivity contribution in [2.45, 2.75) is 37.9 Å². The minimum Gasteiger partial charge on any atom is -0.334 e. The summed E-state index contributed by atoms with van der Waals surface area (Å²) in [5.41, 5.74) is 0. The molecule has 17 heavy (non-hydrogen) atoms. The Labute approximate surface area is 102 Å². The first-order valence-corrected chi connectivity index (χ1v) is 7.05. The highest BCUT2D eigenvalue weighted by molar-refractivity contribution is 7.89. The molecule has 1 heterocycles. The molecule has 6 nitrogen and oxygen atoms in total. The fourth-order valence-electron chi connectivity index (χ4n) is 1.15. The zero-order valence-electron chi connectivity index (χ0n) is 10.6. The minimum absolute atomic E-state index is 0.0644. The van der Waals surface area contributed by atoms with Gasteiger partial charge in [0.05, 0.1) is 6.33 Å². The number of nitrogens with one attached hydrogen (secondary N) is 2. The molecule has 1 aromatic rings. The van der Waals surface area contributed by atoms with Crippen LogP contribution in [-0.4, -0.2) is 37.6 Å². The van der Waals surface area contributed by atoms with Gasteiger partial charge in [-0.25, -0.2) is 18.1 Å². The van der Waals surface area contributed by atoms with E-state index in [9.17, 15) is 8.42 Å². The summed E-state index contributed by atoms with van der Waals surface area (Å²) in [5.74, 6) is 0. The third kappa shape index (κ3) is 3.79. The monoisotopic (exact) mass is 260 g/mol. The number of rotatable bonds is 6. The SMILES string of the molecule is CNC(C)CNS(=O)(=O)c1cn(C(C)C)cn1. The third-order valence-corrected chi connectivity index (χ3v) is 3.83. The Morgan fingerprint density at radius 2 is 2.06 bits per heavy atom. The first-order valence-electron chi connectivity index (χ1n) is 5.57. The average Bonchev–Trinajstić information content (AvgIpc) is 2.76. The number of imidazole rings is 1. The second-order valence-corrected chi connectivity index (χ2v) is 6.01. The molecule has 0 aliphatic carbocycles. The Bertz CT molecular complexity index is 453.